The van der Waals surface area contributed by atoms with Crippen LogP contribution in [0.5, 0.6) is 0 Å². The first-order valence-corrected chi connectivity index (χ1v) is 6.14. The fourth-order valence-electron chi connectivity index (χ4n) is 1.53. The Bertz CT molecular complexity index is 604. The molecule has 19 heavy (non-hydrogen) atoms. The number of halogens is 2. The van der Waals surface area contributed by atoms with E-state index in [4.69, 9.17) is 0 Å². The lowest BCUT2D eigenvalue weighted by atomic mass is 10.2. The van der Waals surface area contributed by atoms with Gasteiger partial charge in [-0.15, -0.1) is 0 Å². The van der Waals surface area contributed by atoms with Crippen LogP contribution in [-0.4, -0.2) is 9.91 Å². The molecule has 0 radical (unpaired) electrons. The third kappa shape index (κ3) is 3.47. The Balaban J connectivity index is 2.15. The van der Waals surface area contributed by atoms with E-state index in [2.05, 4.69) is 26.2 Å². The summed E-state index contributed by atoms with van der Waals surface area (Å²) in [6.07, 6.45) is 1.33. The van der Waals surface area contributed by atoms with Gasteiger partial charge in [0.25, 0.3) is 5.69 Å². The minimum absolute atomic E-state index is 0.0249. The summed E-state index contributed by atoms with van der Waals surface area (Å²) in [5.74, 6) is -0.569. The van der Waals surface area contributed by atoms with Gasteiger partial charge < -0.3 is 5.32 Å². The molecule has 0 atom stereocenters. The predicted molar refractivity (Wildman–Crippen MR) is 72.3 cm³/mol. The molecular weight excluding hydrogens is 317 g/mol. The number of nitrogens with one attached hydrogen (secondary N) is 1. The zero-order valence-electron chi connectivity index (χ0n) is 9.64. The van der Waals surface area contributed by atoms with Crippen molar-refractivity contribution >= 4 is 27.3 Å². The van der Waals surface area contributed by atoms with Crippen molar-refractivity contribution in [3.8, 4) is 0 Å². The van der Waals surface area contributed by atoms with E-state index in [0.717, 1.165) is 0 Å². The van der Waals surface area contributed by atoms with Crippen molar-refractivity contribution in [2.45, 2.75) is 6.54 Å². The highest BCUT2D eigenvalue weighted by molar-refractivity contribution is 9.10. The van der Waals surface area contributed by atoms with Crippen LogP contribution in [0, 0.1) is 16.1 Å². The Morgan fingerprint density at radius 1 is 1.37 bits per heavy atom. The molecule has 0 unspecified atom stereocenters. The van der Waals surface area contributed by atoms with E-state index >= 15 is 0 Å². The van der Waals surface area contributed by atoms with Crippen molar-refractivity contribution in [2.24, 2.45) is 0 Å². The molecule has 5 nitrogen and oxygen atoms in total. The molecule has 0 amide bonds. The summed E-state index contributed by atoms with van der Waals surface area (Å²) in [5.41, 5.74) is 1.16. The normalized spacial score (nSPS) is 10.2. The predicted octanol–water partition coefficient (Wildman–Crippen LogP) is 3.50. The summed E-state index contributed by atoms with van der Waals surface area (Å²) in [6.45, 7) is 0.261. The van der Waals surface area contributed by atoms with Gasteiger partial charge in [-0.25, -0.2) is 4.98 Å². The van der Waals surface area contributed by atoms with E-state index in [-0.39, 0.29) is 12.2 Å². The van der Waals surface area contributed by atoms with Crippen molar-refractivity contribution in [1.82, 2.24) is 4.98 Å². The monoisotopic (exact) mass is 325 g/mol. The van der Waals surface area contributed by atoms with Crippen LogP contribution in [-0.2, 0) is 6.54 Å². The van der Waals surface area contributed by atoms with Gasteiger partial charge in [0.05, 0.1) is 16.8 Å². The molecule has 0 saturated carbocycles. The molecule has 0 aliphatic carbocycles. The molecule has 1 aromatic carbocycles. The topological polar surface area (TPSA) is 68.1 Å². The van der Waals surface area contributed by atoms with Gasteiger partial charge in [0.1, 0.15) is 0 Å². The van der Waals surface area contributed by atoms with E-state index < -0.39 is 10.9 Å². The number of aromatic nitrogens is 1. The molecule has 1 N–H and O–H groups in total. The van der Waals surface area contributed by atoms with E-state index in [9.17, 15) is 14.5 Å². The van der Waals surface area contributed by atoms with Gasteiger partial charge >= 0.3 is 0 Å². The van der Waals surface area contributed by atoms with Crippen LogP contribution in [0.25, 0.3) is 0 Å². The fourth-order valence-corrected chi connectivity index (χ4v) is 1.88. The van der Waals surface area contributed by atoms with Crippen molar-refractivity contribution in [3.63, 3.8) is 0 Å². The van der Waals surface area contributed by atoms with Crippen LogP contribution in [0.15, 0.2) is 41.0 Å². The second-order valence-corrected chi connectivity index (χ2v) is 4.67. The van der Waals surface area contributed by atoms with Crippen LogP contribution in [0.1, 0.15) is 5.56 Å². The third-order valence-corrected chi connectivity index (χ3v) is 2.95. The van der Waals surface area contributed by atoms with E-state index in [1.165, 1.54) is 24.4 Å². The second-order valence-electron chi connectivity index (χ2n) is 3.75. The number of nitro groups is 1. The van der Waals surface area contributed by atoms with Crippen LogP contribution in [0.3, 0.4) is 0 Å². The summed E-state index contributed by atoms with van der Waals surface area (Å²) in [6, 6.07) is 7.57. The Morgan fingerprint density at radius 2 is 2.16 bits per heavy atom. The zero-order valence-corrected chi connectivity index (χ0v) is 11.2. The van der Waals surface area contributed by atoms with E-state index in [1.807, 2.05) is 0 Å². The molecule has 98 valence electrons. The van der Waals surface area contributed by atoms with Gasteiger partial charge in [-0.3, -0.25) is 10.1 Å². The SMILES string of the molecule is O=[N+]([O-])c1cc(Br)ccc1CNc1ccc(F)nc1. The van der Waals surface area contributed by atoms with Gasteiger partial charge in [-0.2, -0.15) is 4.39 Å². The Hall–Kier alpha value is -2.02. The number of hydrogen-bond donors (Lipinski definition) is 1. The lowest BCUT2D eigenvalue weighted by molar-refractivity contribution is -0.385. The van der Waals surface area contributed by atoms with Gasteiger partial charge in [0.15, 0.2) is 0 Å². The maximum Gasteiger partial charge on any atom is 0.275 e. The quantitative estimate of drug-likeness (QED) is 0.530. The average molecular weight is 326 g/mol. The number of benzene rings is 1. The lowest BCUT2D eigenvalue weighted by Gasteiger charge is -2.07. The smallest absolute Gasteiger partial charge is 0.275 e. The van der Waals surface area contributed by atoms with Crippen LogP contribution < -0.4 is 5.32 Å². The minimum Gasteiger partial charge on any atom is -0.379 e. The van der Waals surface area contributed by atoms with Crippen molar-refractivity contribution < 1.29 is 9.31 Å². The van der Waals surface area contributed by atoms with Crippen LogP contribution in [0.2, 0.25) is 0 Å². The molecule has 1 heterocycles. The molecule has 0 spiro atoms. The van der Waals surface area contributed by atoms with Crippen molar-refractivity contribution in [1.29, 1.82) is 0 Å². The van der Waals surface area contributed by atoms with Gasteiger partial charge in [-0.1, -0.05) is 15.9 Å². The average Bonchev–Trinajstić information content (AvgIpc) is 2.39. The first-order valence-electron chi connectivity index (χ1n) is 5.34. The second kappa shape index (κ2) is 5.75. The first-order chi connectivity index (χ1) is 9.06. The van der Waals surface area contributed by atoms with E-state index in [1.54, 1.807) is 12.1 Å². The number of anilines is 1. The van der Waals surface area contributed by atoms with Crippen LogP contribution in [0.4, 0.5) is 15.8 Å². The largest absolute Gasteiger partial charge is 0.379 e. The highest BCUT2D eigenvalue weighted by Gasteiger charge is 2.13. The van der Waals surface area contributed by atoms with Crippen LogP contribution >= 0.6 is 15.9 Å². The van der Waals surface area contributed by atoms with Crippen molar-refractivity contribution in [2.75, 3.05) is 5.32 Å². The highest BCUT2D eigenvalue weighted by Crippen LogP contribution is 2.24. The number of rotatable bonds is 4. The summed E-state index contributed by atoms with van der Waals surface area (Å²) < 4.78 is 13.3. The highest BCUT2D eigenvalue weighted by atomic mass is 79.9. The van der Waals surface area contributed by atoms with E-state index in [0.29, 0.717) is 15.7 Å². The molecular formula is C12H9BrFN3O2. The molecule has 0 saturated heterocycles. The first kappa shape index (κ1) is 13.4. The number of pyridine rings is 1. The maximum absolute atomic E-state index is 12.6. The molecule has 2 aromatic rings. The third-order valence-electron chi connectivity index (χ3n) is 2.45. The number of nitro benzene ring substituents is 1. The molecule has 0 aliphatic rings. The fraction of sp³-hybridized carbons (Fsp3) is 0.0833. The van der Waals surface area contributed by atoms with Gasteiger partial charge in [-0.05, 0) is 24.3 Å². The molecule has 1 aromatic heterocycles. The van der Waals surface area contributed by atoms with Crippen molar-refractivity contribution in [3.05, 3.63) is 62.6 Å². The Kier molecular flexibility index (Phi) is 4.06. The molecule has 0 aliphatic heterocycles. The molecule has 7 heteroatoms. The van der Waals surface area contributed by atoms with Gasteiger partial charge in [0, 0.05) is 22.6 Å². The molecule has 2 rings (SSSR count). The minimum atomic E-state index is -0.569. The number of nitrogens with zero attached hydrogens (tertiary/aromatic N) is 2. The summed E-state index contributed by atoms with van der Waals surface area (Å²) in [7, 11) is 0. The molecule has 0 fully saturated rings. The summed E-state index contributed by atoms with van der Waals surface area (Å²) in [5, 5.41) is 13.9. The maximum atomic E-state index is 12.6. The summed E-state index contributed by atoms with van der Waals surface area (Å²) >= 11 is 3.19. The van der Waals surface area contributed by atoms with Gasteiger partial charge in [0.2, 0.25) is 5.95 Å². The Labute approximate surface area is 116 Å². The standard InChI is InChI=1S/C12H9BrFN3O2/c13-9-2-1-8(11(5-9)17(18)19)6-15-10-3-4-12(14)16-7-10/h1-5,7,15H,6H2. The zero-order chi connectivity index (χ0) is 13.8. The molecule has 0 bridgehead atoms. The number of hydrogen-bond acceptors (Lipinski definition) is 4. The lowest BCUT2D eigenvalue weighted by Crippen LogP contribution is -2.03. The Morgan fingerprint density at radius 3 is 2.79 bits per heavy atom. The summed E-state index contributed by atoms with van der Waals surface area (Å²) in [4.78, 5) is 14.0.